The summed E-state index contributed by atoms with van der Waals surface area (Å²) in [5, 5.41) is 17.5. The number of aryl methyl sites for hydroxylation is 4. The van der Waals surface area contributed by atoms with Gasteiger partial charge >= 0.3 is 5.97 Å². The van der Waals surface area contributed by atoms with Gasteiger partial charge in [-0.1, -0.05) is 0 Å². The van der Waals surface area contributed by atoms with Crippen molar-refractivity contribution < 1.29 is 14.7 Å². The minimum absolute atomic E-state index is 0.135. The number of amides is 1. The summed E-state index contributed by atoms with van der Waals surface area (Å²) in [5.41, 5.74) is 1.28. The molecule has 3 rings (SSSR count). The van der Waals surface area contributed by atoms with Crippen LogP contribution in [0.3, 0.4) is 0 Å². The average Bonchev–Trinajstić information content (AvgIpc) is 3.08. The molecule has 0 aromatic carbocycles. The van der Waals surface area contributed by atoms with Gasteiger partial charge in [0.15, 0.2) is 5.82 Å². The molecule has 3 heterocycles. The predicted octanol–water partition coefficient (Wildman–Crippen LogP) is 2.08. The minimum Gasteiger partial charge on any atom is -0.480 e. The molecule has 8 heteroatoms. The van der Waals surface area contributed by atoms with E-state index in [1.54, 1.807) is 22.8 Å². The molecule has 0 aliphatic carbocycles. The van der Waals surface area contributed by atoms with E-state index in [0.717, 1.165) is 6.42 Å². The maximum atomic E-state index is 12.6. The Morgan fingerprint density at radius 2 is 2.08 bits per heavy atom. The number of rotatable bonds is 5. The minimum atomic E-state index is -0.989. The van der Waals surface area contributed by atoms with Gasteiger partial charge in [0.05, 0.1) is 13.1 Å². The van der Waals surface area contributed by atoms with Crippen LogP contribution in [0.2, 0.25) is 0 Å². The fourth-order valence-corrected chi connectivity index (χ4v) is 4.27. The number of fused-ring (bicyclic) bond motifs is 1. The predicted molar refractivity (Wildman–Crippen MR) is 93.5 cm³/mol. The van der Waals surface area contributed by atoms with Gasteiger partial charge in [-0.05, 0) is 45.2 Å². The van der Waals surface area contributed by atoms with Crippen molar-refractivity contribution in [2.75, 3.05) is 0 Å². The summed E-state index contributed by atoms with van der Waals surface area (Å²) < 4.78 is 1.78. The Bertz CT molecular complexity index is 811. The maximum Gasteiger partial charge on any atom is 0.328 e. The van der Waals surface area contributed by atoms with E-state index in [4.69, 9.17) is 0 Å². The van der Waals surface area contributed by atoms with E-state index in [9.17, 15) is 14.7 Å². The molecule has 0 saturated carbocycles. The highest BCUT2D eigenvalue weighted by atomic mass is 32.1. The molecular weight excluding hydrogens is 340 g/mol. The summed E-state index contributed by atoms with van der Waals surface area (Å²) in [7, 11) is 0. The SMILES string of the molecule is Cc1cc(CCCC(=O)N2Cc3nnc(C)n3CC2C(=O)O)c(C)s1. The van der Waals surface area contributed by atoms with Gasteiger partial charge in [-0.2, -0.15) is 0 Å². The summed E-state index contributed by atoms with van der Waals surface area (Å²) in [4.78, 5) is 28.2. The molecular formula is C17H22N4O3S. The average molecular weight is 362 g/mol. The third-order valence-corrected chi connectivity index (χ3v) is 5.65. The molecule has 1 aliphatic heterocycles. The van der Waals surface area contributed by atoms with Crippen LogP contribution in [0.25, 0.3) is 0 Å². The van der Waals surface area contributed by atoms with Gasteiger partial charge in [-0.25, -0.2) is 4.79 Å². The fourth-order valence-electron chi connectivity index (χ4n) is 3.29. The number of hydrogen-bond donors (Lipinski definition) is 1. The molecule has 1 unspecified atom stereocenters. The van der Waals surface area contributed by atoms with E-state index in [1.807, 2.05) is 0 Å². The Morgan fingerprint density at radius 3 is 2.72 bits per heavy atom. The number of carbonyl (C=O) groups is 2. The van der Waals surface area contributed by atoms with Crippen LogP contribution in [0.5, 0.6) is 0 Å². The van der Waals surface area contributed by atoms with Gasteiger partial charge in [-0.15, -0.1) is 21.5 Å². The number of carbonyl (C=O) groups excluding carboxylic acids is 1. The molecule has 0 fully saturated rings. The molecule has 1 aliphatic rings. The summed E-state index contributed by atoms with van der Waals surface area (Å²) in [5.74, 6) is 0.199. The lowest BCUT2D eigenvalue weighted by molar-refractivity contribution is -0.152. The van der Waals surface area contributed by atoms with Crippen molar-refractivity contribution in [2.45, 2.75) is 59.2 Å². The standard InChI is InChI=1S/C17H22N4O3S/c1-10-7-13(11(2)25-10)5-4-6-16(22)21-9-15-19-18-12(3)20(15)8-14(21)17(23)24/h7,14H,4-6,8-9H2,1-3H3,(H,23,24). The van der Waals surface area contributed by atoms with Crippen molar-refractivity contribution in [3.05, 3.63) is 33.0 Å². The number of carboxylic acid groups (broad SMARTS) is 1. The van der Waals surface area contributed by atoms with E-state index in [-0.39, 0.29) is 19.0 Å². The molecule has 0 saturated heterocycles. The molecule has 25 heavy (non-hydrogen) atoms. The van der Waals surface area contributed by atoms with Gasteiger partial charge in [-0.3, -0.25) is 4.79 Å². The number of aliphatic carboxylic acids is 1. The lowest BCUT2D eigenvalue weighted by Crippen LogP contribution is -2.50. The van der Waals surface area contributed by atoms with E-state index in [0.29, 0.717) is 24.5 Å². The largest absolute Gasteiger partial charge is 0.480 e. The Kier molecular flexibility index (Phi) is 4.89. The van der Waals surface area contributed by atoms with Gasteiger partial charge in [0.2, 0.25) is 5.91 Å². The van der Waals surface area contributed by atoms with Gasteiger partial charge < -0.3 is 14.6 Å². The van der Waals surface area contributed by atoms with Gasteiger partial charge in [0.1, 0.15) is 11.9 Å². The second-order valence-corrected chi connectivity index (χ2v) is 7.90. The quantitative estimate of drug-likeness (QED) is 0.880. The summed E-state index contributed by atoms with van der Waals surface area (Å²) in [6.07, 6.45) is 1.89. The fraction of sp³-hybridized carbons (Fsp3) is 0.529. The number of thiophene rings is 1. The number of hydrogen-bond acceptors (Lipinski definition) is 5. The van der Waals surface area contributed by atoms with Crippen LogP contribution in [-0.4, -0.2) is 42.7 Å². The number of nitrogens with zero attached hydrogens (tertiary/aromatic N) is 4. The number of aromatic nitrogens is 3. The lowest BCUT2D eigenvalue weighted by Gasteiger charge is -2.33. The van der Waals surface area contributed by atoms with E-state index >= 15 is 0 Å². The maximum absolute atomic E-state index is 12.6. The first-order valence-electron chi connectivity index (χ1n) is 8.33. The Hall–Kier alpha value is -2.22. The van der Waals surface area contributed by atoms with Gasteiger partial charge in [0, 0.05) is 16.2 Å². The normalized spacial score (nSPS) is 16.8. The highest BCUT2D eigenvalue weighted by Gasteiger charge is 2.35. The molecule has 1 atom stereocenters. The topological polar surface area (TPSA) is 88.3 Å². The van der Waals surface area contributed by atoms with Crippen LogP contribution in [0.4, 0.5) is 0 Å². The molecule has 2 aromatic heterocycles. The third-order valence-electron chi connectivity index (χ3n) is 4.64. The Balaban J connectivity index is 1.65. The molecule has 0 bridgehead atoms. The molecule has 7 nitrogen and oxygen atoms in total. The van der Waals surface area contributed by atoms with E-state index < -0.39 is 12.0 Å². The summed E-state index contributed by atoms with van der Waals surface area (Å²) in [6, 6.07) is 1.30. The zero-order chi connectivity index (χ0) is 18.1. The van der Waals surface area contributed by atoms with Gasteiger partial charge in [0.25, 0.3) is 0 Å². The highest BCUT2D eigenvalue weighted by Crippen LogP contribution is 2.23. The molecule has 1 amide bonds. The van der Waals surface area contributed by atoms with Crippen LogP contribution >= 0.6 is 11.3 Å². The Labute approximate surface area is 150 Å². The van der Waals surface area contributed by atoms with Crippen molar-refractivity contribution in [1.29, 1.82) is 0 Å². The second-order valence-electron chi connectivity index (χ2n) is 6.44. The molecule has 134 valence electrons. The zero-order valence-corrected chi connectivity index (χ0v) is 15.5. The van der Waals surface area contributed by atoms with Crippen molar-refractivity contribution in [1.82, 2.24) is 19.7 Å². The van der Waals surface area contributed by atoms with Crippen molar-refractivity contribution in [2.24, 2.45) is 0 Å². The van der Waals surface area contributed by atoms with Crippen molar-refractivity contribution in [3.8, 4) is 0 Å². The number of carboxylic acids is 1. The first kappa shape index (κ1) is 17.6. The molecule has 0 radical (unpaired) electrons. The van der Waals surface area contributed by atoms with E-state index in [1.165, 1.54) is 20.2 Å². The van der Waals surface area contributed by atoms with E-state index in [2.05, 4.69) is 30.1 Å². The smallest absolute Gasteiger partial charge is 0.328 e. The monoisotopic (exact) mass is 362 g/mol. The lowest BCUT2D eigenvalue weighted by atomic mass is 10.1. The summed E-state index contributed by atoms with van der Waals surface area (Å²) >= 11 is 1.76. The third kappa shape index (κ3) is 3.58. The van der Waals surface area contributed by atoms with Crippen LogP contribution < -0.4 is 0 Å². The van der Waals surface area contributed by atoms with Crippen LogP contribution in [-0.2, 0) is 29.1 Å². The second kappa shape index (κ2) is 6.95. The molecule has 0 spiro atoms. The zero-order valence-electron chi connectivity index (χ0n) is 14.7. The molecule has 1 N–H and O–H groups in total. The van der Waals surface area contributed by atoms with Crippen molar-refractivity contribution >= 4 is 23.2 Å². The van der Waals surface area contributed by atoms with Crippen LogP contribution in [0, 0.1) is 20.8 Å². The van der Waals surface area contributed by atoms with Crippen LogP contribution in [0.1, 0.15) is 39.8 Å². The van der Waals surface area contributed by atoms with Crippen LogP contribution in [0.15, 0.2) is 6.07 Å². The first-order chi connectivity index (χ1) is 11.9. The first-order valence-corrected chi connectivity index (χ1v) is 9.15. The Morgan fingerprint density at radius 1 is 1.32 bits per heavy atom. The molecule has 2 aromatic rings. The highest BCUT2D eigenvalue weighted by molar-refractivity contribution is 7.12. The van der Waals surface area contributed by atoms with Crippen molar-refractivity contribution in [3.63, 3.8) is 0 Å². The summed E-state index contributed by atoms with van der Waals surface area (Å²) in [6.45, 7) is 6.37.